The molecule has 17 heavy (non-hydrogen) atoms. The Morgan fingerprint density at radius 1 is 1.35 bits per heavy atom. The van der Waals surface area contributed by atoms with E-state index in [2.05, 4.69) is 15.9 Å². The summed E-state index contributed by atoms with van der Waals surface area (Å²) in [6.45, 7) is 0. The van der Waals surface area contributed by atoms with Crippen LogP contribution in [0.1, 0.15) is 16.5 Å². The van der Waals surface area contributed by atoms with E-state index in [0.717, 1.165) is 8.66 Å². The number of aliphatic hydroxyl groups is 1. The maximum absolute atomic E-state index is 10.3. The van der Waals surface area contributed by atoms with Gasteiger partial charge in [-0.25, -0.2) is 0 Å². The summed E-state index contributed by atoms with van der Waals surface area (Å²) >= 11 is 10.8. The normalized spacial score (nSPS) is 12.5. The van der Waals surface area contributed by atoms with Crippen LogP contribution in [0.2, 0.25) is 5.02 Å². The summed E-state index contributed by atoms with van der Waals surface area (Å²) in [5, 5.41) is 10.9. The van der Waals surface area contributed by atoms with Crippen LogP contribution >= 0.6 is 38.9 Å². The van der Waals surface area contributed by atoms with Crippen molar-refractivity contribution in [2.75, 3.05) is 7.11 Å². The Labute approximate surface area is 117 Å². The number of rotatable bonds is 3. The molecule has 0 radical (unpaired) electrons. The van der Waals surface area contributed by atoms with Gasteiger partial charge in [0.15, 0.2) is 0 Å². The summed E-state index contributed by atoms with van der Waals surface area (Å²) in [5.41, 5.74) is 0.714. The zero-order chi connectivity index (χ0) is 12.4. The second-order valence-corrected chi connectivity index (χ2v) is 6.36. The van der Waals surface area contributed by atoms with Crippen molar-refractivity contribution in [3.8, 4) is 5.75 Å². The van der Waals surface area contributed by atoms with E-state index in [0.29, 0.717) is 16.3 Å². The van der Waals surface area contributed by atoms with E-state index in [1.807, 2.05) is 12.1 Å². The molecule has 0 saturated heterocycles. The number of halogens is 2. The number of thiophene rings is 1. The Morgan fingerprint density at radius 3 is 2.71 bits per heavy atom. The molecule has 90 valence electrons. The second-order valence-electron chi connectivity index (χ2n) is 3.43. The molecule has 0 spiro atoms. The minimum Gasteiger partial charge on any atom is -0.496 e. The second kappa shape index (κ2) is 5.40. The van der Waals surface area contributed by atoms with E-state index in [1.54, 1.807) is 25.3 Å². The van der Waals surface area contributed by atoms with Crippen LogP contribution in [0.25, 0.3) is 0 Å². The molecule has 2 nitrogen and oxygen atoms in total. The molecule has 0 saturated carbocycles. The molecule has 1 N–H and O–H groups in total. The summed E-state index contributed by atoms with van der Waals surface area (Å²) in [7, 11) is 1.56. The van der Waals surface area contributed by atoms with Gasteiger partial charge in [0.1, 0.15) is 11.9 Å². The standard InChI is InChI=1S/C12H10BrClO2S/c1-16-9-6-7(14)2-3-8(9)12(15)10-4-5-11(13)17-10/h2-6,12,15H,1H3. The van der Waals surface area contributed by atoms with Gasteiger partial charge in [-0.2, -0.15) is 0 Å². The van der Waals surface area contributed by atoms with Crippen LogP contribution in [0.4, 0.5) is 0 Å². The van der Waals surface area contributed by atoms with Gasteiger partial charge in [-0.15, -0.1) is 11.3 Å². The first-order chi connectivity index (χ1) is 8.11. The van der Waals surface area contributed by atoms with Crippen molar-refractivity contribution in [3.05, 3.63) is 49.6 Å². The van der Waals surface area contributed by atoms with Crippen LogP contribution in [-0.2, 0) is 0 Å². The summed E-state index contributed by atoms with van der Waals surface area (Å²) < 4.78 is 6.21. The van der Waals surface area contributed by atoms with Crippen LogP contribution in [0.15, 0.2) is 34.1 Å². The van der Waals surface area contributed by atoms with E-state index in [9.17, 15) is 5.11 Å². The molecule has 0 bridgehead atoms. The van der Waals surface area contributed by atoms with Gasteiger partial charge >= 0.3 is 0 Å². The quantitative estimate of drug-likeness (QED) is 0.909. The van der Waals surface area contributed by atoms with Crippen LogP contribution in [0.5, 0.6) is 5.75 Å². The SMILES string of the molecule is COc1cc(Cl)ccc1C(O)c1ccc(Br)s1. The van der Waals surface area contributed by atoms with Crippen molar-refractivity contribution in [1.82, 2.24) is 0 Å². The maximum atomic E-state index is 10.3. The van der Waals surface area contributed by atoms with Crippen LogP contribution in [0, 0.1) is 0 Å². The van der Waals surface area contributed by atoms with E-state index >= 15 is 0 Å². The van der Waals surface area contributed by atoms with Gasteiger partial charge in [-0.1, -0.05) is 17.7 Å². The van der Waals surface area contributed by atoms with Gasteiger partial charge in [0.25, 0.3) is 0 Å². The smallest absolute Gasteiger partial charge is 0.126 e. The predicted molar refractivity (Wildman–Crippen MR) is 74.1 cm³/mol. The first-order valence-corrected chi connectivity index (χ1v) is 6.87. The number of hydrogen-bond donors (Lipinski definition) is 1. The van der Waals surface area contributed by atoms with Crippen molar-refractivity contribution >= 4 is 38.9 Å². The zero-order valence-electron chi connectivity index (χ0n) is 8.98. The van der Waals surface area contributed by atoms with Crippen molar-refractivity contribution in [3.63, 3.8) is 0 Å². The third-order valence-electron chi connectivity index (χ3n) is 2.35. The molecule has 0 aliphatic rings. The molecule has 5 heteroatoms. The summed E-state index contributed by atoms with van der Waals surface area (Å²) in [4.78, 5) is 0.859. The van der Waals surface area contributed by atoms with Gasteiger partial charge in [-0.05, 0) is 40.2 Å². The fourth-order valence-corrected chi connectivity index (χ4v) is 3.13. The highest BCUT2D eigenvalue weighted by atomic mass is 79.9. The van der Waals surface area contributed by atoms with Crippen LogP contribution in [0.3, 0.4) is 0 Å². The number of methoxy groups -OCH3 is 1. The van der Waals surface area contributed by atoms with Crippen LogP contribution < -0.4 is 4.74 Å². The van der Waals surface area contributed by atoms with Crippen LogP contribution in [-0.4, -0.2) is 12.2 Å². The molecule has 2 aromatic rings. The van der Waals surface area contributed by atoms with E-state index < -0.39 is 6.10 Å². The monoisotopic (exact) mass is 332 g/mol. The van der Waals surface area contributed by atoms with Crippen molar-refractivity contribution in [1.29, 1.82) is 0 Å². The number of benzene rings is 1. The molecule has 1 heterocycles. The zero-order valence-corrected chi connectivity index (χ0v) is 12.1. The highest BCUT2D eigenvalue weighted by Crippen LogP contribution is 2.36. The molecule has 0 aliphatic heterocycles. The molecule has 2 rings (SSSR count). The fraction of sp³-hybridized carbons (Fsp3) is 0.167. The van der Waals surface area contributed by atoms with E-state index in [-0.39, 0.29) is 0 Å². The molecule has 0 aliphatic carbocycles. The van der Waals surface area contributed by atoms with Gasteiger partial charge in [0, 0.05) is 15.5 Å². The lowest BCUT2D eigenvalue weighted by Gasteiger charge is -2.13. The topological polar surface area (TPSA) is 29.5 Å². The molecule has 0 fully saturated rings. The molecule has 1 unspecified atom stereocenters. The van der Waals surface area contributed by atoms with Gasteiger partial charge in [-0.3, -0.25) is 0 Å². The Kier molecular flexibility index (Phi) is 4.09. The molecular weight excluding hydrogens is 324 g/mol. The predicted octanol–water partition coefficient (Wildman–Crippen LogP) is 4.25. The minimum atomic E-state index is -0.696. The largest absolute Gasteiger partial charge is 0.496 e. The summed E-state index contributed by atoms with van der Waals surface area (Å²) in [6.07, 6.45) is -0.696. The average molecular weight is 334 g/mol. The van der Waals surface area contributed by atoms with E-state index in [1.165, 1.54) is 11.3 Å². The minimum absolute atomic E-state index is 0.588. The molecule has 1 aromatic carbocycles. The third-order valence-corrected chi connectivity index (χ3v) is 4.26. The van der Waals surface area contributed by atoms with E-state index in [4.69, 9.17) is 16.3 Å². The molecule has 1 aromatic heterocycles. The fourth-order valence-electron chi connectivity index (χ4n) is 1.54. The Balaban J connectivity index is 2.39. The molecule has 0 amide bonds. The molecular formula is C12H10BrClO2S. The first-order valence-electron chi connectivity index (χ1n) is 4.88. The number of aliphatic hydroxyl groups excluding tert-OH is 1. The Hall–Kier alpha value is -0.550. The lowest BCUT2D eigenvalue weighted by Crippen LogP contribution is -2.00. The van der Waals surface area contributed by atoms with Gasteiger partial charge in [0.05, 0.1) is 10.9 Å². The lowest BCUT2D eigenvalue weighted by molar-refractivity contribution is 0.218. The molecule has 1 atom stereocenters. The lowest BCUT2D eigenvalue weighted by atomic mass is 10.1. The van der Waals surface area contributed by atoms with Gasteiger partial charge in [0.2, 0.25) is 0 Å². The number of ether oxygens (including phenoxy) is 1. The summed E-state index contributed by atoms with van der Waals surface area (Å²) in [6, 6.07) is 9.01. The maximum Gasteiger partial charge on any atom is 0.126 e. The van der Waals surface area contributed by atoms with Crippen molar-refractivity contribution < 1.29 is 9.84 Å². The van der Waals surface area contributed by atoms with Crippen molar-refractivity contribution in [2.45, 2.75) is 6.10 Å². The number of hydrogen-bond acceptors (Lipinski definition) is 3. The van der Waals surface area contributed by atoms with Crippen molar-refractivity contribution in [2.24, 2.45) is 0 Å². The summed E-state index contributed by atoms with van der Waals surface area (Å²) in [5.74, 6) is 0.592. The first kappa shape index (κ1) is 12.9. The highest BCUT2D eigenvalue weighted by molar-refractivity contribution is 9.11. The van der Waals surface area contributed by atoms with Gasteiger partial charge < -0.3 is 9.84 Å². The Morgan fingerprint density at radius 2 is 2.12 bits per heavy atom. The Bertz CT molecular complexity index is 527. The third kappa shape index (κ3) is 2.83. The highest BCUT2D eigenvalue weighted by Gasteiger charge is 2.17. The average Bonchev–Trinajstić information content (AvgIpc) is 2.75.